The fourth-order valence-corrected chi connectivity index (χ4v) is 2.77. The second-order valence-electron chi connectivity index (χ2n) is 6.54. The molecule has 0 saturated carbocycles. The monoisotopic (exact) mass is 289 g/mol. The van der Waals surface area contributed by atoms with Crippen LogP contribution in [0.15, 0.2) is 30.3 Å². The normalized spacial score (nSPS) is 17.5. The van der Waals surface area contributed by atoms with Gasteiger partial charge in [0, 0.05) is 45.8 Å². The maximum absolute atomic E-state index is 3.56. The minimum Gasteiger partial charge on any atom is -0.315 e. The number of hydrogen-bond acceptors (Lipinski definition) is 3. The molecule has 1 aromatic rings. The zero-order valence-corrected chi connectivity index (χ0v) is 13.7. The van der Waals surface area contributed by atoms with Crippen LogP contribution in [0.1, 0.15) is 25.8 Å². The van der Waals surface area contributed by atoms with E-state index in [2.05, 4.69) is 59.3 Å². The fraction of sp³-hybridized carbons (Fsp3) is 0.667. The van der Waals surface area contributed by atoms with Gasteiger partial charge in [0.15, 0.2) is 0 Å². The summed E-state index contributed by atoms with van der Waals surface area (Å²) >= 11 is 0. The summed E-state index contributed by atoms with van der Waals surface area (Å²) in [5.41, 5.74) is 1.43. The van der Waals surface area contributed by atoms with Gasteiger partial charge in [-0.2, -0.15) is 0 Å². The molecule has 0 aromatic heterocycles. The highest BCUT2D eigenvalue weighted by atomic mass is 15.3. The summed E-state index contributed by atoms with van der Waals surface area (Å²) in [7, 11) is 0. The van der Waals surface area contributed by atoms with E-state index in [0.29, 0.717) is 0 Å². The van der Waals surface area contributed by atoms with Crippen molar-refractivity contribution in [3.05, 3.63) is 35.9 Å². The third-order valence-electron chi connectivity index (χ3n) is 4.22. The first-order chi connectivity index (χ1) is 10.2. The highest BCUT2D eigenvalue weighted by Gasteiger charge is 2.16. The van der Waals surface area contributed by atoms with E-state index in [1.165, 1.54) is 44.7 Å². The molecule has 1 heterocycles. The summed E-state index contributed by atoms with van der Waals surface area (Å²) in [6, 6.07) is 10.8. The van der Waals surface area contributed by atoms with Gasteiger partial charge in [0.2, 0.25) is 0 Å². The number of benzene rings is 1. The Bertz CT molecular complexity index is 369. The molecule has 1 aromatic carbocycles. The molecule has 1 saturated heterocycles. The third kappa shape index (κ3) is 6.60. The minimum absolute atomic E-state index is 0.805. The lowest BCUT2D eigenvalue weighted by molar-refractivity contribution is 0.128. The van der Waals surface area contributed by atoms with Crippen molar-refractivity contribution in [2.75, 3.05) is 45.8 Å². The Balaban J connectivity index is 1.56. The van der Waals surface area contributed by atoms with E-state index < -0.39 is 0 Å². The molecule has 21 heavy (non-hydrogen) atoms. The van der Waals surface area contributed by atoms with Crippen LogP contribution in [0.2, 0.25) is 0 Å². The van der Waals surface area contributed by atoms with Gasteiger partial charge in [0.05, 0.1) is 0 Å². The Labute approximate surface area is 130 Å². The smallest absolute Gasteiger partial charge is 0.0234 e. The van der Waals surface area contributed by atoms with Gasteiger partial charge >= 0.3 is 0 Å². The van der Waals surface area contributed by atoms with E-state index in [9.17, 15) is 0 Å². The molecule has 0 radical (unpaired) electrons. The lowest BCUT2D eigenvalue weighted by Gasteiger charge is -2.34. The highest BCUT2D eigenvalue weighted by molar-refractivity contribution is 5.14. The van der Waals surface area contributed by atoms with Crippen molar-refractivity contribution in [2.24, 2.45) is 5.92 Å². The van der Waals surface area contributed by atoms with Gasteiger partial charge in [-0.3, -0.25) is 9.80 Å². The van der Waals surface area contributed by atoms with Crippen LogP contribution in [0.5, 0.6) is 0 Å². The number of piperazine rings is 1. The Morgan fingerprint density at radius 3 is 2.29 bits per heavy atom. The van der Waals surface area contributed by atoms with E-state index in [1.807, 2.05) is 0 Å². The maximum Gasteiger partial charge on any atom is 0.0234 e. The standard InChI is InChI=1S/C18H31N3/c1-17(2)8-9-19-10-11-20-12-14-21(15-13-20)16-18-6-4-3-5-7-18/h3-7,17,19H,8-16H2,1-2H3. The molecule has 3 heteroatoms. The Morgan fingerprint density at radius 1 is 0.952 bits per heavy atom. The number of rotatable bonds is 8. The van der Waals surface area contributed by atoms with E-state index in [4.69, 9.17) is 0 Å². The summed E-state index contributed by atoms with van der Waals surface area (Å²) in [6.07, 6.45) is 1.28. The van der Waals surface area contributed by atoms with Crippen LogP contribution in [0.3, 0.4) is 0 Å². The molecule has 0 unspecified atom stereocenters. The molecule has 0 aliphatic carbocycles. The summed E-state index contributed by atoms with van der Waals surface area (Å²) in [5.74, 6) is 0.805. The third-order valence-corrected chi connectivity index (χ3v) is 4.22. The first-order valence-electron chi connectivity index (χ1n) is 8.43. The zero-order valence-electron chi connectivity index (χ0n) is 13.7. The SMILES string of the molecule is CC(C)CCNCCN1CCN(Cc2ccccc2)CC1. The number of nitrogens with one attached hydrogen (secondary N) is 1. The van der Waals surface area contributed by atoms with Crippen molar-refractivity contribution in [1.82, 2.24) is 15.1 Å². The van der Waals surface area contributed by atoms with Gasteiger partial charge < -0.3 is 5.32 Å². The van der Waals surface area contributed by atoms with Crippen LogP contribution in [0.25, 0.3) is 0 Å². The van der Waals surface area contributed by atoms with Gasteiger partial charge in [0.1, 0.15) is 0 Å². The predicted octanol–water partition coefficient (Wildman–Crippen LogP) is 2.44. The fourth-order valence-electron chi connectivity index (χ4n) is 2.77. The van der Waals surface area contributed by atoms with Crippen molar-refractivity contribution in [1.29, 1.82) is 0 Å². The van der Waals surface area contributed by atoms with E-state index >= 15 is 0 Å². The quantitative estimate of drug-likeness (QED) is 0.742. The molecule has 1 aliphatic heterocycles. The second-order valence-corrected chi connectivity index (χ2v) is 6.54. The molecule has 1 N–H and O–H groups in total. The first-order valence-corrected chi connectivity index (χ1v) is 8.43. The summed E-state index contributed by atoms with van der Waals surface area (Å²) in [4.78, 5) is 5.15. The van der Waals surface area contributed by atoms with Crippen LogP contribution >= 0.6 is 0 Å². The van der Waals surface area contributed by atoms with Gasteiger partial charge in [-0.1, -0.05) is 44.2 Å². The summed E-state index contributed by atoms with van der Waals surface area (Å²) in [5, 5.41) is 3.56. The topological polar surface area (TPSA) is 18.5 Å². The predicted molar refractivity (Wildman–Crippen MR) is 90.5 cm³/mol. The lowest BCUT2D eigenvalue weighted by atomic mass is 10.1. The Hall–Kier alpha value is -0.900. The van der Waals surface area contributed by atoms with Gasteiger partial charge in [-0.05, 0) is 24.4 Å². The van der Waals surface area contributed by atoms with E-state index in [1.54, 1.807) is 0 Å². The molecule has 0 atom stereocenters. The molecule has 1 fully saturated rings. The van der Waals surface area contributed by atoms with Crippen molar-refractivity contribution >= 4 is 0 Å². The van der Waals surface area contributed by atoms with Crippen molar-refractivity contribution in [3.63, 3.8) is 0 Å². The van der Waals surface area contributed by atoms with Crippen LogP contribution in [0, 0.1) is 5.92 Å². The molecule has 3 nitrogen and oxygen atoms in total. The highest BCUT2D eigenvalue weighted by Crippen LogP contribution is 2.08. The van der Waals surface area contributed by atoms with Gasteiger partial charge in [-0.15, -0.1) is 0 Å². The Morgan fingerprint density at radius 2 is 1.62 bits per heavy atom. The maximum atomic E-state index is 3.56. The van der Waals surface area contributed by atoms with Crippen LogP contribution in [0.4, 0.5) is 0 Å². The van der Waals surface area contributed by atoms with Crippen molar-refractivity contribution < 1.29 is 0 Å². The molecular weight excluding hydrogens is 258 g/mol. The second kappa shape index (κ2) is 9.19. The average molecular weight is 289 g/mol. The molecule has 2 rings (SSSR count). The van der Waals surface area contributed by atoms with Gasteiger partial charge in [-0.25, -0.2) is 0 Å². The van der Waals surface area contributed by atoms with Crippen LogP contribution in [-0.4, -0.2) is 55.6 Å². The van der Waals surface area contributed by atoms with Gasteiger partial charge in [0.25, 0.3) is 0 Å². The molecule has 0 bridgehead atoms. The average Bonchev–Trinajstić information content (AvgIpc) is 2.49. The number of hydrogen-bond donors (Lipinski definition) is 1. The Kier molecular flexibility index (Phi) is 7.20. The molecule has 118 valence electrons. The molecule has 1 aliphatic rings. The molecule has 0 spiro atoms. The van der Waals surface area contributed by atoms with Crippen LogP contribution in [-0.2, 0) is 6.54 Å². The molecular formula is C18H31N3. The largest absolute Gasteiger partial charge is 0.315 e. The molecule has 0 amide bonds. The summed E-state index contributed by atoms with van der Waals surface area (Å²) in [6.45, 7) is 14.0. The van der Waals surface area contributed by atoms with E-state index in [-0.39, 0.29) is 0 Å². The van der Waals surface area contributed by atoms with Crippen LogP contribution < -0.4 is 5.32 Å². The van der Waals surface area contributed by atoms with Crippen molar-refractivity contribution in [2.45, 2.75) is 26.8 Å². The lowest BCUT2D eigenvalue weighted by Crippen LogP contribution is -2.47. The zero-order chi connectivity index (χ0) is 14.9. The van der Waals surface area contributed by atoms with E-state index in [0.717, 1.165) is 25.6 Å². The summed E-state index contributed by atoms with van der Waals surface area (Å²) < 4.78 is 0. The van der Waals surface area contributed by atoms with Crippen molar-refractivity contribution in [3.8, 4) is 0 Å². The first kappa shape index (κ1) is 16.5. The minimum atomic E-state index is 0.805. The number of nitrogens with zero attached hydrogens (tertiary/aromatic N) is 2.